The van der Waals surface area contributed by atoms with Crippen molar-refractivity contribution in [2.24, 2.45) is 7.05 Å². The fourth-order valence-electron chi connectivity index (χ4n) is 2.33. The van der Waals surface area contributed by atoms with E-state index in [0.717, 1.165) is 22.8 Å². The number of likely N-dealkylation sites (N-methyl/N-ethyl adjacent to an activating group) is 1. The smallest absolute Gasteiger partial charge is 0.143 e. The molecule has 0 aliphatic rings. The Labute approximate surface area is 128 Å². The van der Waals surface area contributed by atoms with Crippen molar-refractivity contribution in [1.29, 1.82) is 0 Å². The van der Waals surface area contributed by atoms with E-state index in [1.807, 2.05) is 32.4 Å². The lowest BCUT2D eigenvalue weighted by Crippen LogP contribution is -2.18. The van der Waals surface area contributed by atoms with Crippen LogP contribution in [0.25, 0.3) is 10.7 Å². The summed E-state index contributed by atoms with van der Waals surface area (Å²) in [5, 5.41) is 10.9. The summed E-state index contributed by atoms with van der Waals surface area (Å²) >= 11 is 1.65. The molecule has 1 N–H and O–H groups in total. The topological polar surface area (TPSA) is 42.7 Å². The average molecular weight is 298 g/mol. The van der Waals surface area contributed by atoms with E-state index in [4.69, 9.17) is 4.98 Å². The fourth-order valence-corrected chi connectivity index (χ4v) is 3.12. The van der Waals surface area contributed by atoms with E-state index in [9.17, 15) is 0 Å². The molecule has 0 saturated carbocycles. The molecule has 3 aromatic rings. The Balaban J connectivity index is 1.77. The third-order valence-corrected chi connectivity index (χ3v) is 4.36. The molecule has 0 radical (unpaired) electrons. The first-order valence-corrected chi connectivity index (χ1v) is 7.81. The lowest BCUT2D eigenvalue weighted by Gasteiger charge is -2.15. The van der Waals surface area contributed by atoms with Gasteiger partial charge in [0.1, 0.15) is 10.7 Å². The molecular weight excluding hydrogens is 280 g/mol. The van der Waals surface area contributed by atoms with Gasteiger partial charge in [0.25, 0.3) is 0 Å². The molecule has 2 heterocycles. The molecule has 1 unspecified atom stereocenters. The van der Waals surface area contributed by atoms with Crippen molar-refractivity contribution in [1.82, 2.24) is 20.1 Å². The van der Waals surface area contributed by atoms with Gasteiger partial charge in [0, 0.05) is 31.1 Å². The zero-order valence-corrected chi connectivity index (χ0v) is 13.0. The van der Waals surface area contributed by atoms with Crippen molar-refractivity contribution >= 4 is 11.3 Å². The first kappa shape index (κ1) is 14.0. The summed E-state index contributed by atoms with van der Waals surface area (Å²) < 4.78 is 1.80. The molecule has 4 nitrogen and oxygen atoms in total. The molecule has 0 aliphatic heterocycles. The van der Waals surface area contributed by atoms with Crippen LogP contribution >= 0.6 is 11.3 Å². The average Bonchev–Trinajstić information content (AvgIpc) is 3.14. The minimum Gasteiger partial charge on any atom is -0.313 e. The molecule has 5 heteroatoms. The van der Waals surface area contributed by atoms with Crippen LogP contribution in [0.2, 0.25) is 0 Å². The number of aryl methyl sites for hydroxylation is 1. The van der Waals surface area contributed by atoms with E-state index in [1.165, 1.54) is 5.56 Å². The summed E-state index contributed by atoms with van der Waals surface area (Å²) in [7, 11) is 3.91. The van der Waals surface area contributed by atoms with E-state index in [2.05, 4.69) is 40.1 Å². The van der Waals surface area contributed by atoms with Crippen LogP contribution in [0.4, 0.5) is 0 Å². The summed E-state index contributed by atoms with van der Waals surface area (Å²) in [5.74, 6) is 0. The zero-order chi connectivity index (χ0) is 14.7. The van der Waals surface area contributed by atoms with Gasteiger partial charge in [-0.3, -0.25) is 4.68 Å². The molecule has 3 rings (SSSR count). The predicted octanol–water partition coefficient (Wildman–Crippen LogP) is 3.05. The van der Waals surface area contributed by atoms with Gasteiger partial charge in [0.15, 0.2) is 0 Å². The highest BCUT2D eigenvalue weighted by Crippen LogP contribution is 2.24. The van der Waals surface area contributed by atoms with Gasteiger partial charge < -0.3 is 5.32 Å². The molecule has 2 aromatic heterocycles. The Kier molecular flexibility index (Phi) is 4.13. The van der Waals surface area contributed by atoms with E-state index in [1.54, 1.807) is 16.0 Å². The number of benzene rings is 1. The second-order valence-corrected chi connectivity index (χ2v) is 5.83. The molecule has 0 amide bonds. The van der Waals surface area contributed by atoms with Crippen molar-refractivity contribution in [3.8, 4) is 10.7 Å². The van der Waals surface area contributed by atoms with E-state index in [0.29, 0.717) is 0 Å². The van der Waals surface area contributed by atoms with Crippen LogP contribution in [0.5, 0.6) is 0 Å². The van der Waals surface area contributed by atoms with Gasteiger partial charge in [-0.15, -0.1) is 11.3 Å². The molecule has 0 bridgehead atoms. The van der Waals surface area contributed by atoms with E-state index < -0.39 is 0 Å². The lowest BCUT2D eigenvalue weighted by molar-refractivity contribution is 0.586. The molecule has 0 fully saturated rings. The number of thiazole rings is 1. The van der Waals surface area contributed by atoms with Crippen molar-refractivity contribution in [2.45, 2.75) is 12.5 Å². The minimum atomic E-state index is 0.282. The Morgan fingerprint density at radius 1 is 1.24 bits per heavy atom. The Morgan fingerprint density at radius 3 is 2.71 bits per heavy atom. The Hall–Kier alpha value is -1.98. The van der Waals surface area contributed by atoms with Gasteiger partial charge >= 0.3 is 0 Å². The van der Waals surface area contributed by atoms with Crippen LogP contribution in [0.15, 0.2) is 48.0 Å². The monoisotopic (exact) mass is 298 g/mol. The first-order chi connectivity index (χ1) is 10.3. The van der Waals surface area contributed by atoms with Gasteiger partial charge in [0.05, 0.1) is 5.69 Å². The Bertz CT molecular complexity index is 702. The molecule has 0 aliphatic carbocycles. The van der Waals surface area contributed by atoms with Crippen molar-refractivity contribution < 1.29 is 0 Å². The fraction of sp³-hybridized carbons (Fsp3) is 0.250. The molecule has 1 atom stereocenters. The summed E-state index contributed by atoms with van der Waals surface area (Å²) in [6.45, 7) is 0. The molecule has 0 spiro atoms. The van der Waals surface area contributed by atoms with Crippen LogP contribution in [0.1, 0.15) is 17.3 Å². The molecule has 1 aromatic carbocycles. The van der Waals surface area contributed by atoms with Crippen LogP contribution < -0.4 is 5.32 Å². The predicted molar refractivity (Wildman–Crippen MR) is 86.3 cm³/mol. The first-order valence-electron chi connectivity index (χ1n) is 6.93. The normalized spacial score (nSPS) is 12.5. The third-order valence-electron chi connectivity index (χ3n) is 3.45. The summed E-state index contributed by atoms with van der Waals surface area (Å²) in [6, 6.07) is 12.7. The maximum atomic E-state index is 4.71. The summed E-state index contributed by atoms with van der Waals surface area (Å²) in [5.41, 5.74) is 3.32. The molecular formula is C16H18N4S. The highest BCUT2D eigenvalue weighted by Gasteiger charge is 2.13. The van der Waals surface area contributed by atoms with Crippen LogP contribution in [0, 0.1) is 0 Å². The van der Waals surface area contributed by atoms with Gasteiger partial charge in [0.2, 0.25) is 0 Å². The summed E-state index contributed by atoms with van der Waals surface area (Å²) in [6.07, 6.45) is 2.82. The van der Waals surface area contributed by atoms with E-state index in [-0.39, 0.29) is 6.04 Å². The standard InChI is InChI=1S/C16H18N4S/c1-17-15(12-6-4-3-5-7-12)10-13-11-21-16(18-13)14-8-9-20(2)19-14/h3-9,11,15,17H,10H2,1-2H3. The highest BCUT2D eigenvalue weighted by molar-refractivity contribution is 7.13. The minimum absolute atomic E-state index is 0.282. The van der Waals surface area contributed by atoms with Crippen LogP contribution in [0.3, 0.4) is 0 Å². The van der Waals surface area contributed by atoms with Crippen molar-refractivity contribution in [3.05, 3.63) is 59.2 Å². The number of hydrogen-bond acceptors (Lipinski definition) is 4. The van der Waals surface area contributed by atoms with Crippen molar-refractivity contribution in [2.75, 3.05) is 7.05 Å². The van der Waals surface area contributed by atoms with Gasteiger partial charge in [-0.05, 0) is 18.7 Å². The quantitative estimate of drug-likeness (QED) is 0.787. The van der Waals surface area contributed by atoms with Crippen molar-refractivity contribution in [3.63, 3.8) is 0 Å². The Morgan fingerprint density at radius 2 is 2.05 bits per heavy atom. The molecule has 108 valence electrons. The lowest BCUT2D eigenvalue weighted by atomic mass is 10.0. The van der Waals surface area contributed by atoms with E-state index >= 15 is 0 Å². The number of aromatic nitrogens is 3. The second kappa shape index (κ2) is 6.20. The third kappa shape index (κ3) is 3.20. The van der Waals surface area contributed by atoms with Gasteiger partial charge in [-0.25, -0.2) is 4.98 Å². The number of nitrogens with one attached hydrogen (secondary N) is 1. The van der Waals surface area contributed by atoms with Crippen LogP contribution in [-0.4, -0.2) is 21.8 Å². The molecule has 0 saturated heterocycles. The number of hydrogen-bond donors (Lipinski definition) is 1. The zero-order valence-electron chi connectivity index (χ0n) is 12.2. The largest absolute Gasteiger partial charge is 0.313 e. The molecule has 21 heavy (non-hydrogen) atoms. The highest BCUT2D eigenvalue weighted by atomic mass is 32.1. The maximum absolute atomic E-state index is 4.71. The second-order valence-electron chi connectivity index (χ2n) is 4.97. The van der Waals surface area contributed by atoms with Crippen LogP contribution in [-0.2, 0) is 13.5 Å². The number of rotatable bonds is 5. The number of nitrogens with zero attached hydrogens (tertiary/aromatic N) is 3. The SMILES string of the molecule is CNC(Cc1csc(-c2ccn(C)n2)n1)c1ccccc1. The summed E-state index contributed by atoms with van der Waals surface area (Å²) in [4.78, 5) is 4.71. The van der Waals surface area contributed by atoms with Gasteiger partial charge in [-0.2, -0.15) is 5.10 Å². The van der Waals surface area contributed by atoms with Gasteiger partial charge in [-0.1, -0.05) is 30.3 Å². The maximum Gasteiger partial charge on any atom is 0.143 e.